The third kappa shape index (κ3) is 3.82. The molecule has 5 nitrogen and oxygen atoms in total. The molecule has 0 aliphatic heterocycles. The topological polar surface area (TPSA) is 72.6 Å². The Morgan fingerprint density at radius 3 is 2.57 bits per heavy atom. The van der Waals surface area contributed by atoms with Crippen molar-refractivity contribution in [3.63, 3.8) is 0 Å². The van der Waals surface area contributed by atoms with Gasteiger partial charge in [-0.2, -0.15) is 0 Å². The number of allylic oxidation sites excluding steroid dienone is 1. The van der Waals surface area contributed by atoms with E-state index in [1.54, 1.807) is 12.1 Å². The molecule has 0 spiro atoms. The molecule has 0 fully saturated rings. The number of nitro groups is 1. The van der Waals surface area contributed by atoms with E-state index in [0.29, 0.717) is 11.3 Å². The number of phenols is 1. The first-order chi connectivity index (χ1) is 10.1. The maximum atomic E-state index is 11.2. The van der Waals surface area contributed by atoms with Crippen LogP contribution in [-0.4, -0.2) is 17.1 Å². The molecule has 0 amide bonds. The molecule has 21 heavy (non-hydrogen) atoms. The van der Waals surface area contributed by atoms with Crippen LogP contribution in [0.2, 0.25) is 0 Å². The second kappa shape index (κ2) is 6.56. The van der Waals surface area contributed by atoms with Gasteiger partial charge in [-0.1, -0.05) is 30.3 Å². The molecule has 0 saturated heterocycles. The Kier molecular flexibility index (Phi) is 4.56. The van der Waals surface area contributed by atoms with Crippen molar-refractivity contribution in [1.29, 1.82) is 0 Å². The van der Waals surface area contributed by atoms with Crippen molar-refractivity contribution in [2.45, 2.75) is 6.42 Å². The second-order valence-corrected chi connectivity index (χ2v) is 4.48. The molecule has 1 N–H and O–H groups in total. The van der Waals surface area contributed by atoms with E-state index in [-0.39, 0.29) is 17.9 Å². The van der Waals surface area contributed by atoms with Crippen LogP contribution < -0.4 is 4.74 Å². The van der Waals surface area contributed by atoms with Gasteiger partial charge in [0.2, 0.25) is 0 Å². The fraction of sp³-hybridized carbons (Fsp3) is 0.125. The fourth-order valence-electron chi connectivity index (χ4n) is 1.93. The molecule has 0 unspecified atom stereocenters. The van der Waals surface area contributed by atoms with Gasteiger partial charge in [-0.15, -0.1) is 0 Å². The molecule has 5 heteroatoms. The molecule has 2 aromatic rings. The summed E-state index contributed by atoms with van der Waals surface area (Å²) in [4.78, 5) is 10.7. The summed E-state index contributed by atoms with van der Waals surface area (Å²) in [5.74, 6) is 0.442. The number of rotatable bonds is 5. The van der Waals surface area contributed by atoms with Gasteiger partial charge >= 0.3 is 0 Å². The Labute approximate surface area is 122 Å². The van der Waals surface area contributed by atoms with Crippen LogP contribution >= 0.6 is 0 Å². The van der Waals surface area contributed by atoms with Gasteiger partial charge in [0, 0.05) is 17.7 Å². The lowest BCUT2D eigenvalue weighted by Crippen LogP contribution is -2.02. The number of benzene rings is 2. The van der Waals surface area contributed by atoms with Crippen molar-refractivity contribution < 1.29 is 14.8 Å². The van der Waals surface area contributed by atoms with E-state index in [4.69, 9.17) is 4.74 Å². The molecule has 2 aromatic carbocycles. The Morgan fingerprint density at radius 1 is 1.29 bits per heavy atom. The molecular weight excluding hydrogens is 270 g/mol. The summed E-state index contributed by atoms with van der Waals surface area (Å²) < 4.78 is 4.98. The monoisotopic (exact) mass is 285 g/mol. The quantitative estimate of drug-likeness (QED) is 0.676. The Hall–Kier alpha value is -2.82. The minimum absolute atomic E-state index is 0.0154. The molecule has 0 radical (unpaired) electrons. The highest BCUT2D eigenvalue weighted by Gasteiger charge is 2.13. The molecule has 0 aliphatic carbocycles. The van der Waals surface area contributed by atoms with E-state index in [0.717, 1.165) is 5.56 Å². The highest BCUT2D eigenvalue weighted by Crippen LogP contribution is 2.26. The summed E-state index contributed by atoms with van der Waals surface area (Å²) in [5.41, 5.74) is 1.24. The van der Waals surface area contributed by atoms with Crippen LogP contribution in [-0.2, 0) is 6.42 Å². The summed E-state index contributed by atoms with van der Waals surface area (Å²) in [6, 6.07) is 13.8. The molecule has 0 saturated carbocycles. The first-order valence-electron chi connectivity index (χ1n) is 6.36. The number of ether oxygens (including phenoxy) is 1. The molecule has 0 aliphatic rings. The smallest absolute Gasteiger partial charge is 0.251 e. The van der Waals surface area contributed by atoms with Gasteiger partial charge in [-0.05, 0) is 17.7 Å². The lowest BCUT2D eigenvalue weighted by atomic mass is 10.1. The standard InChI is InChI=1S/C16H15NO4/c1-21-15-8-7-13(16(18)11-15)10-14(17(19)20)9-12-5-3-2-4-6-12/h2-8,10-11,18H,9H2,1H3/b14-10+. The van der Waals surface area contributed by atoms with Crippen molar-refractivity contribution in [3.8, 4) is 11.5 Å². The van der Waals surface area contributed by atoms with Crippen LogP contribution in [0.3, 0.4) is 0 Å². The largest absolute Gasteiger partial charge is 0.507 e. The first-order valence-corrected chi connectivity index (χ1v) is 6.36. The third-order valence-corrected chi connectivity index (χ3v) is 3.02. The van der Waals surface area contributed by atoms with Crippen LogP contribution in [0.15, 0.2) is 54.2 Å². The second-order valence-electron chi connectivity index (χ2n) is 4.48. The minimum atomic E-state index is -0.434. The summed E-state index contributed by atoms with van der Waals surface area (Å²) in [7, 11) is 1.49. The van der Waals surface area contributed by atoms with Gasteiger partial charge in [0.1, 0.15) is 11.5 Å². The van der Waals surface area contributed by atoms with E-state index in [1.807, 2.05) is 30.3 Å². The normalized spacial score (nSPS) is 11.2. The Bertz CT molecular complexity index is 665. The average molecular weight is 285 g/mol. The number of phenolic OH excluding ortho intramolecular Hbond substituents is 1. The minimum Gasteiger partial charge on any atom is -0.507 e. The van der Waals surface area contributed by atoms with Gasteiger partial charge in [0.15, 0.2) is 0 Å². The third-order valence-electron chi connectivity index (χ3n) is 3.02. The van der Waals surface area contributed by atoms with Gasteiger partial charge in [0.05, 0.1) is 18.5 Å². The lowest BCUT2D eigenvalue weighted by Gasteiger charge is -2.04. The predicted octanol–water partition coefficient (Wildman–Crippen LogP) is 3.26. The zero-order valence-electron chi connectivity index (χ0n) is 11.5. The molecule has 108 valence electrons. The zero-order valence-corrected chi connectivity index (χ0v) is 11.5. The van der Waals surface area contributed by atoms with Crippen LogP contribution in [0.1, 0.15) is 11.1 Å². The molecular formula is C16H15NO4. The SMILES string of the molecule is COc1ccc(/C=C(\Cc2ccccc2)[N+](=O)[O-])c(O)c1. The highest BCUT2D eigenvalue weighted by molar-refractivity contribution is 5.60. The number of methoxy groups -OCH3 is 1. The highest BCUT2D eigenvalue weighted by atomic mass is 16.6. The average Bonchev–Trinajstić information content (AvgIpc) is 2.49. The molecule has 2 rings (SSSR count). The van der Waals surface area contributed by atoms with Gasteiger partial charge in [0.25, 0.3) is 5.70 Å². The van der Waals surface area contributed by atoms with Crippen LogP contribution in [0, 0.1) is 10.1 Å². The molecule has 0 atom stereocenters. The van der Waals surface area contributed by atoms with Crippen molar-refractivity contribution in [1.82, 2.24) is 0 Å². The van der Waals surface area contributed by atoms with Crippen molar-refractivity contribution in [2.24, 2.45) is 0 Å². The van der Waals surface area contributed by atoms with Gasteiger partial charge in [-0.3, -0.25) is 10.1 Å². The van der Waals surface area contributed by atoms with Gasteiger partial charge in [-0.25, -0.2) is 0 Å². The first kappa shape index (κ1) is 14.6. The van der Waals surface area contributed by atoms with E-state index in [1.165, 1.54) is 19.3 Å². The number of hydrogen-bond acceptors (Lipinski definition) is 4. The van der Waals surface area contributed by atoms with Crippen molar-refractivity contribution in [2.75, 3.05) is 7.11 Å². The summed E-state index contributed by atoms with van der Waals surface area (Å²) in [5, 5.41) is 21.0. The van der Waals surface area contributed by atoms with E-state index in [2.05, 4.69) is 0 Å². The molecule has 0 heterocycles. The summed E-state index contributed by atoms with van der Waals surface area (Å²) >= 11 is 0. The van der Waals surface area contributed by atoms with Crippen LogP contribution in [0.4, 0.5) is 0 Å². The molecule has 0 bridgehead atoms. The van der Waals surface area contributed by atoms with Crippen LogP contribution in [0.5, 0.6) is 11.5 Å². The van der Waals surface area contributed by atoms with E-state index in [9.17, 15) is 15.2 Å². The van der Waals surface area contributed by atoms with Crippen molar-refractivity contribution in [3.05, 3.63) is 75.5 Å². The zero-order chi connectivity index (χ0) is 15.2. The van der Waals surface area contributed by atoms with E-state index < -0.39 is 4.92 Å². The van der Waals surface area contributed by atoms with E-state index >= 15 is 0 Å². The Morgan fingerprint density at radius 2 is 2.00 bits per heavy atom. The number of hydrogen-bond donors (Lipinski definition) is 1. The number of nitrogens with zero attached hydrogens (tertiary/aromatic N) is 1. The molecule has 0 aromatic heterocycles. The number of aromatic hydroxyl groups is 1. The van der Waals surface area contributed by atoms with Crippen LogP contribution in [0.25, 0.3) is 6.08 Å². The summed E-state index contributed by atoms with van der Waals surface area (Å²) in [6.45, 7) is 0. The maximum Gasteiger partial charge on any atom is 0.251 e. The lowest BCUT2D eigenvalue weighted by molar-refractivity contribution is -0.425. The summed E-state index contributed by atoms with van der Waals surface area (Å²) in [6.07, 6.45) is 1.57. The maximum absolute atomic E-state index is 11.2. The Balaban J connectivity index is 2.32. The predicted molar refractivity (Wildman–Crippen MR) is 79.8 cm³/mol. The fourth-order valence-corrected chi connectivity index (χ4v) is 1.93. The van der Waals surface area contributed by atoms with Crippen molar-refractivity contribution >= 4 is 6.08 Å². The van der Waals surface area contributed by atoms with Gasteiger partial charge < -0.3 is 9.84 Å².